The van der Waals surface area contributed by atoms with Crippen molar-refractivity contribution in [2.45, 2.75) is 98.4 Å². The summed E-state index contributed by atoms with van der Waals surface area (Å²) in [7, 11) is 0. The van der Waals surface area contributed by atoms with E-state index < -0.39 is 23.8 Å². The third-order valence-electron chi connectivity index (χ3n) is 6.16. The molecule has 2 atom stereocenters. The van der Waals surface area contributed by atoms with Gasteiger partial charge in [0, 0.05) is 19.0 Å². The number of hydrogen-bond acceptors (Lipinski definition) is 4. The van der Waals surface area contributed by atoms with Crippen molar-refractivity contribution in [1.29, 1.82) is 0 Å². The van der Waals surface area contributed by atoms with Crippen molar-refractivity contribution in [2.24, 2.45) is 0 Å². The van der Waals surface area contributed by atoms with Crippen LogP contribution in [0.1, 0.15) is 82.7 Å². The van der Waals surface area contributed by atoms with E-state index in [1.807, 2.05) is 76.2 Å². The van der Waals surface area contributed by atoms with E-state index in [-0.39, 0.29) is 24.3 Å². The summed E-state index contributed by atoms with van der Waals surface area (Å²) >= 11 is 0. The Hall–Kier alpha value is -3.35. The molecule has 0 aliphatic carbocycles. The summed E-state index contributed by atoms with van der Waals surface area (Å²) in [6.45, 7) is 15.7. The largest absolute Gasteiger partial charge is 0.444 e. The third kappa shape index (κ3) is 9.19. The van der Waals surface area contributed by atoms with Crippen molar-refractivity contribution < 1.29 is 19.1 Å². The van der Waals surface area contributed by atoms with E-state index in [1.165, 1.54) is 0 Å². The maximum absolute atomic E-state index is 14.3. The first kappa shape index (κ1) is 30.9. The topological polar surface area (TPSA) is 87.7 Å². The molecule has 0 aromatic heterocycles. The molecule has 0 aliphatic heterocycles. The molecule has 0 aliphatic rings. The predicted octanol–water partition coefficient (Wildman–Crippen LogP) is 5.63. The lowest BCUT2D eigenvalue weighted by Crippen LogP contribution is -2.55. The zero-order valence-corrected chi connectivity index (χ0v) is 24.3. The van der Waals surface area contributed by atoms with Crippen LogP contribution in [0.5, 0.6) is 0 Å². The molecule has 7 heteroatoms. The van der Waals surface area contributed by atoms with Crippen molar-refractivity contribution in [1.82, 2.24) is 15.5 Å². The Morgan fingerprint density at radius 2 is 1.66 bits per heavy atom. The van der Waals surface area contributed by atoms with E-state index in [0.29, 0.717) is 6.54 Å². The van der Waals surface area contributed by atoms with Crippen LogP contribution in [0.4, 0.5) is 4.79 Å². The van der Waals surface area contributed by atoms with Crippen molar-refractivity contribution in [2.75, 3.05) is 6.54 Å². The second-order valence-electron chi connectivity index (χ2n) is 11.1. The van der Waals surface area contributed by atoms with Crippen molar-refractivity contribution in [3.05, 3.63) is 70.8 Å². The van der Waals surface area contributed by atoms with Crippen LogP contribution >= 0.6 is 0 Å². The number of amides is 3. The normalized spacial score (nSPS) is 13.0. The van der Waals surface area contributed by atoms with E-state index in [2.05, 4.69) is 17.6 Å². The highest BCUT2D eigenvalue weighted by molar-refractivity contribution is 5.92. The fourth-order valence-electron chi connectivity index (χ4n) is 4.39. The number of ether oxygens (including phenoxy) is 1. The summed E-state index contributed by atoms with van der Waals surface area (Å²) in [6.07, 6.45) is 1.38. The SMILES string of the molecule is CCCCNC(=O)C(c1ccc(C)cc1C)N(C(=O)C(Cc1ccccc1)NC(=O)OC(C)(C)C)C(C)C. The van der Waals surface area contributed by atoms with Gasteiger partial charge in [0.25, 0.3) is 0 Å². The van der Waals surface area contributed by atoms with Crippen molar-refractivity contribution in [3.63, 3.8) is 0 Å². The molecular weight excluding hydrogens is 478 g/mol. The number of rotatable bonds is 11. The van der Waals surface area contributed by atoms with Crippen LogP contribution in [0.2, 0.25) is 0 Å². The molecule has 0 saturated carbocycles. The van der Waals surface area contributed by atoms with E-state index in [4.69, 9.17) is 4.74 Å². The molecule has 2 aromatic rings. The highest BCUT2D eigenvalue weighted by atomic mass is 16.6. The van der Waals surface area contributed by atoms with Gasteiger partial charge >= 0.3 is 6.09 Å². The van der Waals surface area contributed by atoms with Gasteiger partial charge in [0.05, 0.1) is 0 Å². The van der Waals surface area contributed by atoms with Crippen LogP contribution in [0, 0.1) is 13.8 Å². The number of alkyl carbamates (subject to hydrolysis) is 1. The Bertz CT molecular complexity index is 1080. The maximum atomic E-state index is 14.3. The number of carbonyl (C=O) groups is 3. The molecule has 0 fully saturated rings. The Balaban J connectivity index is 2.54. The summed E-state index contributed by atoms with van der Waals surface area (Å²) in [5.74, 6) is -0.575. The molecule has 0 radical (unpaired) electrons. The molecule has 2 unspecified atom stereocenters. The molecule has 0 saturated heterocycles. The standard InChI is InChI=1S/C31H45N3O4/c1-9-10-18-32-28(35)27(25-17-16-22(4)19-23(25)5)34(21(2)3)29(36)26(20-24-14-12-11-13-15-24)33-30(37)38-31(6,7)8/h11-17,19,21,26-27H,9-10,18,20H2,1-8H3,(H,32,35)(H,33,37). The van der Waals surface area contributed by atoms with Gasteiger partial charge < -0.3 is 20.3 Å². The summed E-state index contributed by atoms with van der Waals surface area (Å²) < 4.78 is 5.49. The second-order valence-corrected chi connectivity index (χ2v) is 11.1. The molecule has 0 bridgehead atoms. The second kappa shape index (κ2) is 14.0. The molecule has 2 rings (SSSR count). The van der Waals surface area contributed by atoms with Gasteiger partial charge in [0.15, 0.2) is 0 Å². The van der Waals surface area contributed by atoms with Gasteiger partial charge in [-0.1, -0.05) is 67.4 Å². The molecular formula is C31H45N3O4. The summed E-state index contributed by atoms with van der Waals surface area (Å²) in [4.78, 5) is 42.4. The number of nitrogens with one attached hydrogen (secondary N) is 2. The smallest absolute Gasteiger partial charge is 0.408 e. The van der Waals surface area contributed by atoms with E-state index in [1.54, 1.807) is 25.7 Å². The lowest BCUT2D eigenvalue weighted by atomic mass is 9.94. The van der Waals surface area contributed by atoms with Crippen LogP contribution < -0.4 is 10.6 Å². The van der Waals surface area contributed by atoms with Gasteiger partial charge in [-0.3, -0.25) is 9.59 Å². The Labute approximate surface area is 228 Å². The van der Waals surface area contributed by atoms with Crippen LogP contribution in [-0.4, -0.2) is 47.0 Å². The van der Waals surface area contributed by atoms with Gasteiger partial charge in [0.1, 0.15) is 17.7 Å². The van der Waals surface area contributed by atoms with Crippen molar-refractivity contribution in [3.8, 4) is 0 Å². The van der Waals surface area contributed by atoms with Gasteiger partial charge in [-0.15, -0.1) is 0 Å². The van der Waals surface area contributed by atoms with E-state index >= 15 is 0 Å². The Morgan fingerprint density at radius 1 is 1.00 bits per heavy atom. The third-order valence-corrected chi connectivity index (χ3v) is 6.16. The number of hydrogen-bond donors (Lipinski definition) is 2. The van der Waals surface area contributed by atoms with E-state index in [0.717, 1.165) is 35.1 Å². The molecule has 38 heavy (non-hydrogen) atoms. The number of carbonyl (C=O) groups excluding carboxylic acids is 3. The molecule has 7 nitrogen and oxygen atoms in total. The average Bonchev–Trinajstić information content (AvgIpc) is 2.81. The van der Waals surface area contributed by atoms with Gasteiger partial charge in [0.2, 0.25) is 11.8 Å². The molecule has 0 heterocycles. The van der Waals surface area contributed by atoms with Gasteiger partial charge in [-0.05, 0) is 71.6 Å². The van der Waals surface area contributed by atoms with Crippen LogP contribution in [-0.2, 0) is 20.7 Å². The first-order valence-corrected chi connectivity index (χ1v) is 13.5. The van der Waals surface area contributed by atoms with Crippen LogP contribution in [0.3, 0.4) is 0 Å². The van der Waals surface area contributed by atoms with Crippen LogP contribution in [0.15, 0.2) is 48.5 Å². The molecule has 3 amide bonds. The number of benzene rings is 2. The lowest BCUT2D eigenvalue weighted by molar-refractivity contribution is -0.144. The average molecular weight is 524 g/mol. The van der Waals surface area contributed by atoms with Crippen molar-refractivity contribution >= 4 is 17.9 Å². The highest BCUT2D eigenvalue weighted by Gasteiger charge is 2.38. The van der Waals surface area contributed by atoms with Crippen LogP contribution in [0.25, 0.3) is 0 Å². The van der Waals surface area contributed by atoms with E-state index in [9.17, 15) is 14.4 Å². The highest BCUT2D eigenvalue weighted by Crippen LogP contribution is 2.28. The zero-order chi connectivity index (χ0) is 28.5. The number of aryl methyl sites for hydroxylation is 2. The first-order valence-electron chi connectivity index (χ1n) is 13.5. The summed E-state index contributed by atoms with van der Waals surface area (Å²) in [5, 5.41) is 5.82. The number of unbranched alkanes of at least 4 members (excludes halogenated alkanes) is 1. The number of nitrogens with zero attached hydrogens (tertiary/aromatic N) is 1. The maximum Gasteiger partial charge on any atom is 0.408 e. The summed E-state index contributed by atoms with van der Waals surface area (Å²) in [5.41, 5.74) is 2.94. The Kier molecular flexibility index (Phi) is 11.4. The fraction of sp³-hybridized carbons (Fsp3) is 0.516. The fourth-order valence-corrected chi connectivity index (χ4v) is 4.39. The summed E-state index contributed by atoms with van der Waals surface area (Å²) in [6, 6.07) is 13.3. The minimum Gasteiger partial charge on any atom is -0.444 e. The zero-order valence-electron chi connectivity index (χ0n) is 24.3. The van der Waals surface area contributed by atoms with Gasteiger partial charge in [-0.2, -0.15) is 0 Å². The quantitative estimate of drug-likeness (QED) is 0.374. The monoisotopic (exact) mass is 523 g/mol. The molecule has 208 valence electrons. The molecule has 2 N–H and O–H groups in total. The predicted molar refractivity (Wildman–Crippen MR) is 152 cm³/mol. The minimum absolute atomic E-state index is 0.233. The minimum atomic E-state index is -0.925. The molecule has 0 spiro atoms. The first-order chi connectivity index (χ1) is 17.8. The molecule has 2 aromatic carbocycles. The van der Waals surface area contributed by atoms with Gasteiger partial charge in [-0.25, -0.2) is 4.79 Å². The Morgan fingerprint density at radius 3 is 2.21 bits per heavy atom. The lowest BCUT2D eigenvalue weighted by Gasteiger charge is -2.38.